The molecule has 0 aliphatic carbocycles. The number of H-pyrrole nitrogens is 1. The molecule has 0 aliphatic heterocycles. The van der Waals surface area contributed by atoms with E-state index in [0.717, 1.165) is 16.6 Å². The number of aromatic nitrogens is 1. The third-order valence-electron chi connectivity index (χ3n) is 2.95. The first kappa shape index (κ1) is 11.5. The van der Waals surface area contributed by atoms with Gasteiger partial charge in [-0.15, -0.1) is 0 Å². The second kappa shape index (κ2) is 4.98. The van der Waals surface area contributed by atoms with Crippen LogP contribution in [0.25, 0.3) is 10.9 Å². The van der Waals surface area contributed by atoms with Crippen molar-refractivity contribution in [2.45, 2.75) is 6.61 Å². The van der Waals surface area contributed by atoms with Crippen molar-refractivity contribution in [2.75, 3.05) is 0 Å². The van der Waals surface area contributed by atoms with Crippen molar-refractivity contribution in [1.82, 2.24) is 4.98 Å². The summed E-state index contributed by atoms with van der Waals surface area (Å²) in [7, 11) is 0. The van der Waals surface area contributed by atoms with Crippen molar-refractivity contribution in [3.8, 4) is 0 Å². The summed E-state index contributed by atoms with van der Waals surface area (Å²) in [5.74, 6) is -0.306. The predicted molar refractivity (Wildman–Crippen MR) is 73.9 cm³/mol. The molecule has 0 fully saturated rings. The van der Waals surface area contributed by atoms with Crippen LogP contribution in [0.2, 0.25) is 0 Å². The standard InChI is InChI=1S/C16H13NO2/c18-16(12-6-2-1-3-7-12)19-11-14-10-13-8-4-5-9-15(13)17-14/h1-10,17H,11H2. The first-order chi connectivity index (χ1) is 9.33. The summed E-state index contributed by atoms with van der Waals surface area (Å²) >= 11 is 0. The minimum absolute atomic E-state index is 0.252. The quantitative estimate of drug-likeness (QED) is 0.723. The average molecular weight is 251 g/mol. The highest BCUT2D eigenvalue weighted by molar-refractivity contribution is 5.89. The van der Waals surface area contributed by atoms with Crippen LogP contribution in [0.5, 0.6) is 0 Å². The number of ether oxygens (including phenoxy) is 1. The first-order valence-corrected chi connectivity index (χ1v) is 6.12. The molecule has 0 saturated heterocycles. The second-order valence-corrected chi connectivity index (χ2v) is 4.32. The number of hydrogen-bond donors (Lipinski definition) is 1. The number of carbonyl (C=O) groups excluding carboxylic acids is 1. The summed E-state index contributed by atoms with van der Waals surface area (Å²) in [6.45, 7) is 0.252. The van der Waals surface area contributed by atoms with Gasteiger partial charge in [0.2, 0.25) is 0 Å². The Kier molecular flexibility index (Phi) is 3.02. The Hall–Kier alpha value is -2.55. The van der Waals surface area contributed by atoms with E-state index in [1.807, 2.05) is 48.5 Å². The third-order valence-corrected chi connectivity index (χ3v) is 2.95. The number of benzene rings is 2. The third kappa shape index (κ3) is 2.50. The normalized spacial score (nSPS) is 10.5. The van der Waals surface area contributed by atoms with Crippen LogP contribution in [0.15, 0.2) is 60.7 Å². The molecule has 0 spiro atoms. The lowest BCUT2D eigenvalue weighted by atomic mass is 10.2. The topological polar surface area (TPSA) is 42.1 Å². The summed E-state index contributed by atoms with van der Waals surface area (Å²) < 4.78 is 5.27. The highest BCUT2D eigenvalue weighted by Crippen LogP contribution is 2.15. The smallest absolute Gasteiger partial charge is 0.338 e. The Morgan fingerprint density at radius 3 is 2.53 bits per heavy atom. The van der Waals surface area contributed by atoms with Crippen LogP contribution in [-0.2, 0) is 11.3 Å². The van der Waals surface area contributed by atoms with E-state index in [1.165, 1.54) is 0 Å². The fourth-order valence-corrected chi connectivity index (χ4v) is 2.01. The summed E-state index contributed by atoms with van der Waals surface area (Å²) in [6.07, 6.45) is 0. The van der Waals surface area contributed by atoms with Gasteiger partial charge in [-0.1, -0.05) is 36.4 Å². The molecule has 1 aromatic heterocycles. The lowest BCUT2D eigenvalue weighted by Gasteiger charge is -2.02. The monoisotopic (exact) mass is 251 g/mol. The molecule has 0 unspecified atom stereocenters. The molecule has 1 N–H and O–H groups in total. The van der Waals surface area contributed by atoms with E-state index in [1.54, 1.807) is 12.1 Å². The maximum absolute atomic E-state index is 11.8. The lowest BCUT2D eigenvalue weighted by Crippen LogP contribution is -2.04. The highest BCUT2D eigenvalue weighted by atomic mass is 16.5. The summed E-state index contributed by atoms with van der Waals surface area (Å²) in [5, 5.41) is 1.12. The van der Waals surface area contributed by atoms with Crippen molar-refractivity contribution in [1.29, 1.82) is 0 Å². The van der Waals surface area contributed by atoms with Crippen LogP contribution in [0, 0.1) is 0 Å². The van der Waals surface area contributed by atoms with E-state index in [2.05, 4.69) is 4.98 Å². The van der Waals surface area contributed by atoms with Gasteiger partial charge in [0.05, 0.1) is 11.3 Å². The van der Waals surface area contributed by atoms with E-state index in [9.17, 15) is 4.79 Å². The van der Waals surface area contributed by atoms with Gasteiger partial charge in [-0.2, -0.15) is 0 Å². The first-order valence-electron chi connectivity index (χ1n) is 6.12. The van der Waals surface area contributed by atoms with Crippen molar-refractivity contribution >= 4 is 16.9 Å². The second-order valence-electron chi connectivity index (χ2n) is 4.32. The van der Waals surface area contributed by atoms with E-state index < -0.39 is 0 Å². The van der Waals surface area contributed by atoms with Crippen molar-refractivity contribution < 1.29 is 9.53 Å². The number of carbonyl (C=O) groups is 1. The van der Waals surface area contributed by atoms with Crippen molar-refractivity contribution in [3.63, 3.8) is 0 Å². The molecule has 3 heteroatoms. The Morgan fingerprint density at radius 1 is 1.00 bits per heavy atom. The zero-order valence-electron chi connectivity index (χ0n) is 10.3. The molecule has 3 rings (SSSR count). The Labute approximate surface area is 110 Å². The Morgan fingerprint density at radius 2 is 1.74 bits per heavy atom. The molecule has 0 bridgehead atoms. The van der Waals surface area contributed by atoms with Crippen LogP contribution < -0.4 is 0 Å². The van der Waals surface area contributed by atoms with E-state index >= 15 is 0 Å². The summed E-state index contributed by atoms with van der Waals surface area (Å²) in [6, 6.07) is 19.0. The molecular weight excluding hydrogens is 238 g/mol. The van der Waals surface area contributed by atoms with E-state index in [4.69, 9.17) is 4.74 Å². The van der Waals surface area contributed by atoms with Crippen LogP contribution in [0.4, 0.5) is 0 Å². The van der Waals surface area contributed by atoms with E-state index in [-0.39, 0.29) is 12.6 Å². The highest BCUT2D eigenvalue weighted by Gasteiger charge is 2.07. The van der Waals surface area contributed by atoms with Gasteiger partial charge in [0, 0.05) is 5.52 Å². The fraction of sp³-hybridized carbons (Fsp3) is 0.0625. The number of hydrogen-bond acceptors (Lipinski definition) is 2. The number of esters is 1. The van der Waals surface area contributed by atoms with Gasteiger partial charge in [0.15, 0.2) is 0 Å². The van der Waals surface area contributed by atoms with Gasteiger partial charge < -0.3 is 9.72 Å². The molecule has 3 aromatic rings. The molecule has 19 heavy (non-hydrogen) atoms. The van der Waals surface area contributed by atoms with Gasteiger partial charge in [0.1, 0.15) is 6.61 Å². The van der Waals surface area contributed by atoms with Crippen LogP contribution >= 0.6 is 0 Å². The predicted octanol–water partition coefficient (Wildman–Crippen LogP) is 3.52. The molecule has 0 amide bonds. The SMILES string of the molecule is O=C(OCc1cc2ccccc2[nH]1)c1ccccc1. The average Bonchev–Trinajstić information content (AvgIpc) is 2.88. The Bertz CT molecular complexity index is 668. The minimum Gasteiger partial charge on any atom is -0.456 e. The maximum Gasteiger partial charge on any atom is 0.338 e. The zero-order chi connectivity index (χ0) is 13.1. The van der Waals surface area contributed by atoms with Gasteiger partial charge in [0.25, 0.3) is 0 Å². The molecule has 94 valence electrons. The van der Waals surface area contributed by atoms with Gasteiger partial charge in [-0.05, 0) is 29.7 Å². The van der Waals surface area contributed by atoms with Gasteiger partial charge in [-0.25, -0.2) is 4.79 Å². The molecule has 3 nitrogen and oxygen atoms in total. The molecule has 0 atom stereocenters. The molecule has 2 aromatic carbocycles. The van der Waals surface area contributed by atoms with Crippen LogP contribution in [-0.4, -0.2) is 11.0 Å². The molecule has 1 heterocycles. The summed E-state index contributed by atoms with van der Waals surface area (Å²) in [5.41, 5.74) is 2.51. The van der Waals surface area contributed by atoms with E-state index in [0.29, 0.717) is 5.56 Å². The maximum atomic E-state index is 11.8. The van der Waals surface area contributed by atoms with Crippen LogP contribution in [0.3, 0.4) is 0 Å². The van der Waals surface area contributed by atoms with Crippen LogP contribution in [0.1, 0.15) is 16.1 Å². The van der Waals surface area contributed by atoms with Crippen molar-refractivity contribution in [3.05, 3.63) is 71.9 Å². The van der Waals surface area contributed by atoms with Crippen molar-refractivity contribution in [2.24, 2.45) is 0 Å². The number of fused-ring (bicyclic) bond motifs is 1. The molecule has 0 aliphatic rings. The number of rotatable bonds is 3. The fourth-order valence-electron chi connectivity index (χ4n) is 2.01. The largest absolute Gasteiger partial charge is 0.456 e. The Balaban J connectivity index is 1.71. The lowest BCUT2D eigenvalue weighted by molar-refractivity contribution is 0.0468. The minimum atomic E-state index is -0.306. The van der Waals surface area contributed by atoms with Gasteiger partial charge >= 0.3 is 5.97 Å². The zero-order valence-corrected chi connectivity index (χ0v) is 10.3. The number of para-hydroxylation sites is 1. The molecular formula is C16H13NO2. The molecule has 0 saturated carbocycles. The number of aromatic amines is 1. The van der Waals surface area contributed by atoms with Gasteiger partial charge in [-0.3, -0.25) is 0 Å². The summed E-state index contributed by atoms with van der Waals surface area (Å²) in [4.78, 5) is 15.0. The molecule has 0 radical (unpaired) electrons. The number of nitrogens with one attached hydrogen (secondary N) is 1.